The fourth-order valence-corrected chi connectivity index (χ4v) is 2.16. The molecule has 0 bridgehead atoms. The summed E-state index contributed by atoms with van der Waals surface area (Å²) in [6.07, 6.45) is 8.25. The Morgan fingerprint density at radius 3 is 2.86 bits per heavy atom. The second-order valence-corrected chi connectivity index (χ2v) is 4.46. The lowest BCUT2D eigenvalue weighted by molar-refractivity contribution is 0.664. The SMILES string of the molecule is C#CCCCNCc1ccc(CC)s1. The average Bonchev–Trinajstić information content (AvgIpc) is 2.65. The average molecular weight is 207 g/mol. The van der Waals surface area contributed by atoms with Crippen LogP contribution >= 0.6 is 11.3 Å². The zero-order valence-electron chi connectivity index (χ0n) is 8.68. The quantitative estimate of drug-likeness (QED) is 0.559. The van der Waals surface area contributed by atoms with Gasteiger partial charge in [0.15, 0.2) is 0 Å². The van der Waals surface area contributed by atoms with Crippen molar-refractivity contribution in [3.05, 3.63) is 21.9 Å². The number of thiophene rings is 1. The van der Waals surface area contributed by atoms with Crippen LogP contribution < -0.4 is 5.32 Å². The summed E-state index contributed by atoms with van der Waals surface area (Å²) in [5.41, 5.74) is 0. The van der Waals surface area contributed by atoms with Crippen LogP contribution in [0, 0.1) is 12.3 Å². The van der Waals surface area contributed by atoms with Crippen molar-refractivity contribution in [2.24, 2.45) is 0 Å². The molecule has 0 aliphatic carbocycles. The number of nitrogens with one attached hydrogen (secondary N) is 1. The molecule has 0 atom stereocenters. The molecule has 1 heterocycles. The molecule has 0 aromatic carbocycles. The molecule has 1 rings (SSSR count). The van der Waals surface area contributed by atoms with Gasteiger partial charge in [-0.25, -0.2) is 0 Å². The third-order valence-corrected chi connectivity index (χ3v) is 3.27. The third-order valence-electron chi connectivity index (χ3n) is 2.04. The zero-order valence-corrected chi connectivity index (χ0v) is 9.49. The number of hydrogen-bond acceptors (Lipinski definition) is 2. The van der Waals surface area contributed by atoms with Crippen LogP contribution in [-0.4, -0.2) is 6.54 Å². The molecule has 1 aromatic heterocycles. The van der Waals surface area contributed by atoms with Crippen LogP contribution in [-0.2, 0) is 13.0 Å². The van der Waals surface area contributed by atoms with E-state index >= 15 is 0 Å². The second kappa shape index (κ2) is 6.64. The maximum Gasteiger partial charge on any atom is 0.0299 e. The van der Waals surface area contributed by atoms with Crippen molar-refractivity contribution in [1.29, 1.82) is 0 Å². The van der Waals surface area contributed by atoms with Gasteiger partial charge in [0.05, 0.1) is 0 Å². The molecule has 1 N–H and O–H groups in total. The summed E-state index contributed by atoms with van der Waals surface area (Å²) in [7, 11) is 0. The Morgan fingerprint density at radius 2 is 2.21 bits per heavy atom. The van der Waals surface area contributed by atoms with E-state index in [-0.39, 0.29) is 0 Å². The van der Waals surface area contributed by atoms with Gasteiger partial charge in [0.2, 0.25) is 0 Å². The highest BCUT2D eigenvalue weighted by Crippen LogP contribution is 2.16. The monoisotopic (exact) mass is 207 g/mol. The van der Waals surface area contributed by atoms with Crippen LogP contribution in [0.25, 0.3) is 0 Å². The molecule has 1 aromatic rings. The lowest BCUT2D eigenvalue weighted by Gasteiger charge is -1.99. The van der Waals surface area contributed by atoms with E-state index in [0.717, 1.165) is 32.4 Å². The van der Waals surface area contributed by atoms with E-state index in [4.69, 9.17) is 6.42 Å². The van der Waals surface area contributed by atoms with Crippen molar-refractivity contribution in [1.82, 2.24) is 5.32 Å². The highest BCUT2D eigenvalue weighted by atomic mass is 32.1. The summed E-state index contributed by atoms with van der Waals surface area (Å²) in [5, 5.41) is 3.39. The number of aryl methyl sites for hydroxylation is 1. The third kappa shape index (κ3) is 3.95. The number of rotatable bonds is 6. The molecule has 0 fully saturated rings. The lowest BCUT2D eigenvalue weighted by Crippen LogP contribution is -2.13. The molecule has 0 unspecified atom stereocenters. The van der Waals surface area contributed by atoms with Gasteiger partial charge in [-0.05, 0) is 31.5 Å². The highest BCUT2D eigenvalue weighted by Gasteiger charge is 1.97. The van der Waals surface area contributed by atoms with E-state index in [1.54, 1.807) is 0 Å². The first-order chi connectivity index (χ1) is 6.86. The fraction of sp³-hybridized carbons (Fsp3) is 0.500. The minimum absolute atomic E-state index is 0.873. The van der Waals surface area contributed by atoms with Gasteiger partial charge < -0.3 is 5.32 Å². The fourth-order valence-electron chi connectivity index (χ4n) is 1.23. The van der Waals surface area contributed by atoms with E-state index in [1.807, 2.05) is 11.3 Å². The van der Waals surface area contributed by atoms with Gasteiger partial charge in [0.1, 0.15) is 0 Å². The van der Waals surface area contributed by atoms with Crippen molar-refractivity contribution in [2.45, 2.75) is 32.7 Å². The van der Waals surface area contributed by atoms with E-state index in [2.05, 4.69) is 30.3 Å². The Kier molecular flexibility index (Phi) is 5.36. The maximum atomic E-state index is 5.17. The predicted molar refractivity (Wildman–Crippen MR) is 63.5 cm³/mol. The second-order valence-electron chi connectivity index (χ2n) is 3.21. The molecule has 2 heteroatoms. The molecule has 0 saturated heterocycles. The first-order valence-electron chi connectivity index (χ1n) is 5.08. The van der Waals surface area contributed by atoms with Crippen molar-refractivity contribution < 1.29 is 0 Å². The molecule has 0 spiro atoms. The van der Waals surface area contributed by atoms with Crippen molar-refractivity contribution in [3.8, 4) is 12.3 Å². The van der Waals surface area contributed by atoms with Crippen LogP contribution in [0.4, 0.5) is 0 Å². The van der Waals surface area contributed by atoms with Gasteiger partial charge in [0, 0.05) is 22.7 Å². The molecule has 0 amide bonds. The summed E-state index contributed by atoms with van der Waals surface area (Å²) in [4.78, 5) is 2.88. The van der Waals surface area contributed by atoms with Crippen LogP contribution in [0.15, 0.2) is 12.1 Å². The lowest BCUT2D eigenvalue weighted by atomic mass is 10.3. The summed E-state index contributed by atoms with van der Waals surface area (Å²) in [6, 6.07) is 4.42. The number of unbranched alkanes of at least 4 members (excludes halogenated alkanes) is 1. The van der Waals surface area contributed by atoms with Crippen molar-refractivity contribution in [2.75, 3.05) is 6.54 Å². The Morgan fingerprint density at radius 1 is 1.43 bits per heavy atom. The Balaban J connectivity index is 2.15. The van der Waals surface area contributed by atoms with Crippen molar-refractivity contribution in [3.63, 3.8) is 0 Å². The van der Waals surface area contributed by atoms with Gasteiger partial charge in [-0.2, -0.15) is 0 Å². The van der Waals surface area contributed by atoms with E-state index < -0.39 is 0 Å². The molecule has 0 aliphatic heterocycles. The molecule has 1 nitrogen and oxygen atoms in total. The Hall–Kier alpha value is -0.780. The summed E-state index contributed by atoms with van der Waals surface area (Å²) in [6.45, 7) is 4.19. The van der Waals surface area contributed by atoms with Crippen molar-refractivity contribution >= 4 is 11.3 Å². The normalized spacial score (nSPS) is 10.0. The van der Waals surface area contributed by atoms with Crippen LogP contribution in [0.5, 0.6) is 0 Å². The van der Waals surface area contributed by atoms with Gasteiger partial charge in [-0.15, -0.1) is 23.7 Å². The van der Waals surface area contributed by atoms with Crippen LogP contribution in [0.3, 0.4) is 0 Å². The molecular formula is C12H17NS. The molecular weight excluding hydrogens is 190 g/mol. The summed E-state index contributed by atoms with van der Waals surface area (Å²) >= 11 is 1.89. The molecule has 0 aliphatic rings. The number of terminal acetylenes is 1. The maximum absolute atomic E-state index is 5.17. The van der Waals surface area contributed by atoms with Gasteiger partial charge >= 0.3 is 0 Å². The highest BCUT2D eigenvalue weighted by molar-refractivity contribution is 7.11. The summed E-state index contributed by atoms with van der Waals surface area (Å²) in [5.74, 6) is 2.64. The first-order valence-corrected chi connectivity index (χ1v) is 5.90. The Bertz CT molecular complexity index is 296. The minimum atomic E-state index is 0.873. The van der Waals surface area contributed by atoms with E-state index in [0.29, 0.717) is 0 Å². The zero-order chi connectivity index (χ0) is 10.2. The molecule has 14 heavy (non-hydrogen) atoms. The first kappa shape index (κ1) is 11.3. The predicted octanol–water partition coefficient (Wildman–Crippen LogP) is 2.81. The van der Waals surface area contributed by atoms with Crippen LogP contribution in [0.1, 0.15) is 29.5 Å². The smallest absolute Gasteiger partial charge is 0.0299 e. The molecule has 0 saturated carbocycles. The minimum Gasteiger partial charge on any atom is -0.312 e. The van der Waals surface area contributed by atoms with E-state index in [9.17, 15) is 0 Å². The molecule has 76 valence electrons. The topological polar surface area (TPSA) is 12.0 Å². The standard InChI is InChI=1S/C12H17NS/c1-3-5-6-9-13-10-12-8-7-11(4-2)14-12/h1,7-8,13H,4-6,9-10H2,2H3. The van der Waals surface area contributed by atoms with Gasteiger partial charge in [-0.1, -0.05) is 6.92 Å². The summed E-state index contributed by atoms with van der Waals surface area (Å²) < 4.78 is 0. The van der Waals surface area contributed by atoms with E-state index in [1.165, 1.54) is 9.75 Å². The molecule has 0 radical (unpaired) electrons. The van der Waals surface area contributed by atoms with Crippen LogP contribution in [0.2, 0.25) is 0 Å². The Labute approximate surface area is 90.5 Å². The number of hydrogen-bond donors (Lipinski definition) is 1. The van der Waals surface area contributed by atoms with Gasteiger partial charge in [-0.3, -0.25) is 0 Å². The largest absolute Gasteiger partial charge is 0.312 e. The van der Waals surface area contributed by atoms with Gasteiger partial charge in [0.25, 0.3) is 0 Å².